The topological polar surface area (TPSA) is 0 Å². The molecule has 3 rings (SSSR count). The Morgan fingerprint density at radius 3 is 1.00 bits per heavy atom. The molecule has 3 aromatic rings. The van der Waals surface area contributed by atoms with E-state index in [1.807, 2.05) is 84.9 Å². The Morgan fingerprint density at radius 2 is 0.773 bits per heavy atom. The van der Waals surface area contributed by atoms with Crippen LogP contribution in [0.3, 0.4) is 0 Å². The molecule has 0 heterocycles. The number of rotatable bonds is 0. The van der Waals surface area contributed by atoms with Crippen LogP contribution in [0.15, 0.2) is 89.8 Å². The van der Waals surface area contributed by atoms with Crippen molar-refractivity contribution in [2.75, 3.05) is 0 Å². The average molecular weight is 370 g/mol. The highest BCUT2D eigenvalue weighted by molar-refractivity contribution is 7.80. The van der Waals surface area contributed by atoms with Crippen LogP contribution < -0.4 is 0 Å². The molecule has 3 aromatic carbocycles. The maximum absolute atomic E-state index is 5.58. The lowest BCUT2D eigenvalue weighted by Crippen LogP contribution is -1.61. The van der Waals surface area contributed by atoms with E-state index in [4.69, 9.17) is 34.8 Å². The summed E-state index contributed by atoms with van der Waals surface area (Å²) in [4.78, 5) is 0.939. The van der Waals surface area contributed by atoms with Gasteiger partial charge in [0.2, 0.25) is 0 Å². The van der Waals surface area contributed by atoms with Gasteiger partial charge in [0, 0.05) is 20.0 Å². The lowest BCUT2D eigenvalue weighted by Gasteiger charge is -1.87. The van der Waals surface area contributed by atoms with E-state index in [0.717, 1.165) is 20.0 Å². The summed E-state index contributed by atoms with van der Waals surface area (Å²) < 4.78 is 0. The minimum Gasteiger partial charge on any atom is -0.143 e. The van der Waals surface area contributed by atoms with E-state index in [1.165, 1.54) is 0 Å². The molecule has 0 saturated heterocycles. The molecule has 0 saturated carbocycles. The molecule has 0 unspecified atom stereocenters. The van der Waals surface area contributed by atoms with Crippen LogP contribution in [0, 0.1) is 0 Å². The van der Waals surface area contributed by atoms with Crippen molar-refractivity contribution in [2.24, 2.45) is 0 Å². The Balaban J connectivity index is 0.000000166. The minimum absolute atomic E-state index is 0.753. The highest BCUT2D eigenvalue weighted by atomic mass is 35.5. The molecule has 0 aliphatic rings. The van der Waals surface area contributed by atoms with Crippen molar-refractivity contribution in [2.45, 2.75) is 4.90 Å². The van der Waals surface area contributed by atoms with Crippen LogP contribution in [0.2, 0.25) is 15.1 Å². The van der Waals surface area contributed by atoms with Crippen LogP contribution in [0.1, 0.15) is 0 Å². The molecule has 0 aromatic heterocycles. The summed E-state index contributed by atoms with van der Waals surface area (Å²) in [7, 11) is 0. The summed E-state index contributed by atoms with van der Waals surface area (Å²) in [5.74, 6) is 0. The smallest absolute Gasteiger partial charge is 0.0406 e. The van der Waals surface area contributed by atoms with Gasteiger partial charge in [0.05, 0.1) is 0 Å². The van der Waals surface area contributed by atoms with Crippen LogP contribution in [0.25, 0.3) is 0 Å². The number of hydrogen-bond acceptors (Lipinski definition) is 1. The molecule has 114 valence electrons. The molecule has 0 nitrogen and oxygen atoms in total. The maximum Gasteiger partial charge on any atom is 0.0406 e. The molecule has 0 atom stereocenters. The van der Waals surface area contributed by atoms with Crippen LogP contribution in [-0.2, 0) is 0 Å². The highest BCUT2D eigenvalue weighted by Gasteiger charge is 1.82. The van der Waals surface area contributed by atoms with Gasteiger partial charge < -0.3 is 0 Å². The fourth-order valence-electron chi connectivity index (χ4n) is 1.27. The minimum atomic E-state index is 0.753. The van der Waals surface area contributed by atoms with E-state index >= 15 is 0 Å². The van der Waals surface area contributed by atoms with Gasteiger partial charge in [0.1, 0.15) is 0 Å². The molecule has 4 heteroatoms. The van der Waals surface area contributed by atoms with E-state index in [-0.39, 0.29) is 0 Å². The maximum atomic E-state index is 5.58. The lowest BCUT2D eigenvalue weighted by atomic mass is 10.4. The largest absolute Gasteiger partial charge is 0.143 e. The highest BCUT2D eigenvalue weighted by Crippen LogP contribution is 2.11. The zero-order chi connectivity index (χ0) is 16.2. The third kappa shape index (κ3) is 9.75. The van der Waals surface area contributed by atoms with Crippen LogP contribution in [-0.4, -0.2) is 0 Å². The van der Waals surface area contributed by atoms with E-state index in [0.29, 0.717) is 0 Å². The third-order valence-corrected chi connectivity index (χ3v) is 3.35. The summed E-state index contributed by atoms with van der Waals surface area (Å²) in [5, 5.41) is 2.34. The van der Waals surface area contributed by atoms with Gasteiger partial charge in [-0.25, -0.2) is 0 Å². The number of hydrogen-bond donors (Lipinski definition) is 1. The quantitative estimate of drug-likeness (QED) is 0.394. The molecule has 0 N–H and O–H groups in total. The molecule has 0 radical (unpaired) electrons. The van der Waals surface area contributed by atoms with Crippen molar-refractivity contribution in [1.29, 1.82) is 0 Å². The van der Waals surface area contributed by atoms with Gasteiger partial charge in [-0.05, 0) is 48.5 Å². The van der Waals surface area contributed by atoms with Crippen LogP contribution in [0.5, 0.6) is 0 Å². The molecule has 0 amide bonds. The van der Waals surface area contributed by atoms with Crippen molar-refractivity contribution in [1.82, 2.24) is 0 Å². The third-order valence-electron chi connectivity index (χ3n) is 2.29. The average Bonchev–Trinajstić information content (AvgIpc) is 2.53. The van der Waals surface area contributed by atoms with E-state index in [2.05, 4.69) is 12.6 Å². The zero-order valence-electron chi connectivity index (χ0n) is 11.7. The SMILES string of the molecule is Clc1ccccc1.Clc1ccccc1.Sc1ccc(Cl)cc1. The summed E-state index contributed by atoms with van der Waals surface area (Å²) in [6, 6.07) is 26.2. The van der Waals surface area contributed by atoms with Crippen molar-refractivity contribution in [3.8, 4) is 0 Å². The lowest BCUT2D eigenvalue weighted by molar-refractivity contribution is 1.48. The van der Waals surface area contributed by atoms with Gasteiger partial charge in [-0.3, -0.25) is 0 Å². The van der Waals surface area contributed by atoms with E-state index in [9.17, 15) is 0 Å². The van der Waals surface area contributed by atoms with Crippen molar-refractivity contribution < 1.29 is 0 Å². The summed E-state index contributed by atoms with van der Waals surface area (Å²) >= 11 is 20.7. The Kier molecular flexibility index (Phi) is 9.85. The molecular formula is C18H15Cl3S. The number of thiol groups is 1. The number of halogens is 3. The fraction of sp³-hybridized carbons (Fsp3) is 0. The van der Waals surface area contributed by atoms with Gasteiger partial charge >= 0.3 is 0 Å². The first-order chi connectivity index (χ1) is 10.6. The molecule has 0 aliphatic carbocycles. The van der Waals surface area contributed by atoms with Gasteiger partial charge in [-0.2, -0.15) is 0 Å². The normalized spacial score (nSPS) is 8.91. The van der Waals surface area contributed by atoms with Crippen molar-refractivity contribution in [3.05, 3.63) is 100.0 Å². The second kappa shape index (κ2) is 11.4. The summed E-state index contributed by atoms with van der Waals surface area (Å²) in [5.41, 5.74) is 0. The Labute approximate surface area is 152 Å². The fourth-order valence-corrected chi connectivity index (χ4v) is 1.84. The van der Waals surface area contributed by atoms with Gasteiger partial charge in [-0.15, -0.1) is 12.6 Å². The molecule has 22 heavy (non-hydrogen) atoms. The van der Waals surface area contributed by atoms with Crippen LogP contribution in [0.4, 0.5) is 0 Å². The first-order valence-corrected chi connectivity index (χ1v) is 8.01. The molecule has 0 bridgehead atoms. The van der Waals surface area contributed by atoms with Gasteiger partial charge in [-0.1, -0.05) is 71.2 Å². The monoisotopic (exact) mass is 368 g/mol. The number of benzene rings is 3. The first-order valence-electron chi connectivity index (χ1n) is 6.43. The summed E-state index contributed by atoms with van der Waals surface area (Å²) in [6.07, 6.45) is 0. The standard InChI is InChI=1S/C6H5ClS.2C6H5Cl/c7-5-1-3-6(8)4-2-5;2*7-6-4-2-1-3-5-6/h1-4,8H;2*1-5H. The second-order valence-electron chi connectivity index (χ2n) is 4.07. The van der Waals surface area contributed by atoms with Crippen molar-refractivity contribution in [3.63, 3.8) is 0 Å². The molecule has 0 spiro atoms. The zero-order valence-corrected chi connectivity index (χ0v) is 14.8. The Bertz CT molecular complexity index is 567. The predicted molar refractivity (Wildman–Crippen MR) is 102 cm³/mol. The second-order valence-corrected chi connectivity index (χ2v) is 5.89. The van der Waals surface area contributed by atoms with Gasteiger partial charge in [0.25, 0.3) is 0 Å². The molecule has 0 fully saturated rings. The summed E-state index contributed by atoms with van der Waals surface area (Å²) in [6.45, 7) is 0. The van der Waals surface area contributed by atoms with Crippen molar-refractivity contribution >= 4 is 47.4 Å². The first kappa shape index (κ1) is 18.9. The predicted octanol–water partition coefficient (Wildman–Crippen LogP) is 7.31. The molecule has 0 aliphatic heterocycles. The van der Waals surface area contributed by atoms with E-state index in [1.54, 1.807) is 0 Å². The van der Waals surface area contributed by atoms with Crippen LogP contribution >= 0.6 is 47.4 Å². The Hall–Kier alpha value is -1.12. The molecular weight excluding hydrogens is 355 g/mol. The van der Waals surface area contributed by atoms with Gasteiger partial charge in [0.15, 0.2) is 0 Å². The van der Waals surface area contributed by atoms with E-state index < -0.39 is 0 Å². The Morgan fingerprint density at radius 1 is 0.455 bits per heavy atom.